The molecule has 0 fully saturated rings. The van der Waals surface area contributed by atoms with Gasteiger partial charge >= 0.3 is 0 Å². The first kappa shape index (κ1) is 14.3. The maximum atomic E-state index is 12.3. The number of aryl methyl sites for hydroxylation is 2. The highest BCUT2D eigenvalue weighted by Gasteiger charge is 2.13. The summed E-state index contributed by atoms with van der Waals surface area (Å²) in [6, 6.07) is 9.40. The van der Waals surface area contributed by atoms with Gasteiger partial charge < -0.3 is 10.1 Å². The van der Waals surface area contributed by atoms with Gasteiger partial charge in [-0.25, -0.2) is 0 Å². The second kappa shape index (κ2) is 6.34. The van der Waals surface area contributed by atoms with Crippen molar-refractivity contribution >= 4 is 11.6 Å². The Kier molecular flexibility index (Phi) is 4.53. The minimum absolute atomic E-state index is 0.169. The first-order valence-corrected chi connectivity index (χ1v) is 6.59. The van der Waals surface area contributed by atoms with Gasteiger partial charge in [0.05, 0.1) is 12.3 Å². The largest absolute Gasteiger partial charge is 0.377 e. The number of hydrogen-bond acceptors (Lipinski definition) is 3. The number of anilines is 1. The number of para-hydroxylation sites is 1. The number of hydrogen-bond donors (Lipinski definition) is 1. The zero-order chi connectivity index (χ0) is 14.5. The number of rotatable bonds is 5. The second-order valence-electron chi connectivity index (χ2n) is 4.54. The van der Waals surface area contributed by atoms with Crippen LogP contribution in [0.3, 0.4) is 0 Å². The van der Waals surface area contributed by atoms with Crippen LogP contribution < -0.4 is 5.32 Å². The Hall–Kier alpha value is -2.14. The fourth-order valence-corrected chi connectivity index (χ4v) is 1.99. The fraction of sp³-hybridized carbons (Fsp3) is 0.333. The SMILES string of the molecule is CCOCc1ccccc1NC(=O)c1cc(C)nn1C. The van der Waals surface area contributed by atoms with Gasteiger partial charge in [-0.15, -0.1) is 0 Å². The maximum absolute atomic E-state index is 12.3. The van der Waals surface area contributed by atoms with E-state index < -0.39 is 0 Å². The molecule has 0 bridgehead atoms. The molecule has 1 aromatic heterocycles. The van der Waals surface area contributed by atoms with Crippen LogP contribution in [0.15, 0.2) is 30.3 Å². The summed E-state index contributed by atoms with van der Waals surface area (Å²) in [5, 5.41) is 7.09. The molecular weight excluding hydrogens is 254 g/mol. The lowest BCUT2D eigenvalue weighted by Crippen LogP contribution is -2.17. The Morgan fingerprint density at radius 2 is 2.15 bits per heavy atom. The molecular formula is C15H19N3O2. The first-order valence-electron chi connectivity index (χ1n) is 6.59. The standard InChI is InChI=1S/C15H19N3O2/c1-4-20-10-12-7-5-6-8-13(12)16-15(19)14-9-11(2)17-18(14)3/h5-9H,4,10H2,1-3H3,(H,16,19). The summed E-state index contributed by atoms with van der Waals surface area (Å²) < 4.78 is 6.99. The Morgan fingerprint density at radius 1 is 1.40 bits per heavy atom. The number of amides is 1. The molecule has 0 unspecified atom stereocenters. The molecule has 1 N–H and O–H groups in total. The van der Waals surface area contributed by atoms with Crippen LogP contribution in [0.25, 0.3) is 0 Å². The molecule has 1 aromatic carbocycles. The molecule has 2 aromatic rings. The van der Waals surface area contributed by atoms with Gasteiger partial charge in [0, 0.05) is 24.9 Å². The van der Waals surface area contributed by atoms with Crippen LogP contribution in [-0.4, -0.2) is 22.3 Å². The van der Waals surface area contributed by atoms with Crippen molar-refractivity contribution in [1.82, 2.24) is 9.78 Å². The molecule has 106 valence electrons. The van der Waals surface area contributed by atoms with E-state index in [0.29, 0.717) is 18.9 Å². The molecule has 0 atom stereocenters. The number of nitrogens with zero attached hydrogens (tertiary/aromatic N) is 2. The van der Waals surface area contributed by atoms with E-state index in [2.05, 4.69) is 10.4 Å². The number of ether oxygens (including phenoxy) is 1. The summed E-state index contributed by atoms with van der Waals surface area (Å²) in [5.41, 5.74) is 3.08. The van der Waals surface area contributed by atoms with Crippen molar-refractivity contribution in [1.29, 1.82) is 0 Å². The van der Waals surface area contributed by atoms with Gasteiger partial charge in [-0.2, -0.15) is 5.10 Å². The topological polar surface area (TPSA) is 56.1 Å². The highest BCUT2D eigenvalue weighted by atomic mass is 16.5. The van der Waals surface area contributed by atoms with Gasteiger partial charge in [0.15, 0.2) is 0 Å². The molecule has 0 saturated heterocycles. The van der Waals surface area contributed by atoms with Crippen LogP contribution in [0.2, 0.25) is 0 Å². The number of nitrogens with one attached hydrogen (secondary N) is 1. The van der Waals surface area contributed by atoms with Gasteiger partial charge in [-0.05, 0) is 26.0 Å². The average molecular weight is 273 g/mol. The van der Waals surface area contributed by atoms with E-state index in [0.717, 1.165) is 16.9 Å². The third kappa shape index (κ3) is 3.24. The monoisotopic (exact) mass is 273 g/mol. The number of carbonyl (C=O) groups excluding carboxylic acids is 1. The Morgan fingerprint density at radius 3 is 2.80 bits per heavy atom. The highest BCUT2D eigenvalue weighted by Crippen LogP contribution is 2.17. The van der Waals surface area contributed by atoms with E-state index in [-0.39, 0.29) is 5.91 Å². The van der Waals surface area contributed by atoms with E-state index in [4.69, 9.17) is 4.74 Å². The maximum Gasteiger partial charge on any atom is 0.273 e. The predicted octanol–water partition coefficient (Wildman–Crippen LogP) is 2.52. The van der Waals surface area contributed by atoms with E-state index >= 15 is 0 Å². The normalized spacial score (nSPS) is 10.6. The van der Waals surface area contributed by atoms with Crippen molar-refractivity contribution in [2.45, 2.75) is 20.5 Å². The van der Waals surface area contributed by atoms with Gasteiger partial charge in [-0.1, -0.05) is 18.2 Å². The summed E-state index contributed by atoms with van der Waals surface area (Å²) in [5.74, 6) is -0.169. The molecule has 0 saturated carbocycles. The van der Waals surface area contributed by atoms with E-state index in [9.17, 15) is 4.79 Å². The van der Waals surface area contributed by atoms with Crippen LogP contribution in [-0.2, 0) is 18.4 Å². The van der Waals surface area contributed by atoms with Crippen molar-refractivity contribution in [3.63, 3.8) is 0 Å². The molecule has 5 heteroatoms. The zero-order valence-corrected chi connectivity index (χ0v) is 12.0. The Labute approximate surface area is 118 Å². The summed E-state index contributed by atoms with van der Waals surface area (Å²) in [7, 11) is 1.76. The molecule has 0 aliphatic heterocycles. The van der Waals surface area contributed by atoms with Crippen LogP contribution in [0.1, 0.15) is 28.7 Å². The number of carbonyl (C=O) groups is 1. The molecule has 20 heavy (non-hydrogen) atoms. The van der Waals surface area contributed by atoms with Crippen molar-refractivity contribution < 1.29 is 9.53 Å². The molecule has 0 spiro atoms. The average Bonchev–Trinajstić information content (AvgIpc) is 2.77. The predicted molar refractivity (Wildman–Crippen MR) is 77.7 cm³/mol. The van der Waals surface area contributed by atoms with Gasteiger partial charge in [0.25, 0.3) is 5.91 Å². The number of aromatic nitrogens is 2. The van der Waals surface area contributed by atoms with Crippen molar-refractivity contribution in [3.05, 3.63) is 47.3 Å². The zero-order valence-electron chi connectivity index (χ0n) is 12.0. The molecule has 1 amide bonds. The van der Waals surface area contributed by atoms with Crippen molar-refractivity contribution in [2.75, 3.05) is 11.9 Å². The summed E-state index contributed by atoms with van der Waals surface area (Å²) in [4.78, 5) is 12.3. The number of benzene rings is 1. The van der Waals surface area contributed by atoms with Crippen LogP contribution in [0, 0.1) is 6.92 Å². The third-order valence-electron chi connectivity index (χ3n) is 2.96. The lowest BCUT2D eigenvalue weighted by atomic mass is 10.2. The lowest BCUT2D eigenvalue weighted by Gasteiger charge is -2.11. The van der Waals surface area contributed by atoms with Crippen LogP contribution in [0.5, 0.6) is 0 Å². The Balaban J connectivity index is 2.17. The minimum Gasteiger partial charge on any atom is -0.377 e. The van der Waals surface area contributed by atoms with E-state index in [1.54, 1.807) is 17.8 Å². The molecule has 0 aliphatic carbocycles. The summed E-state index contributed by atoms with van der Waals surface area (Å²) in [6.45, 7) is 4.93. The molecule has 2 rings (SSSR count). The smallest absolute Gasteiger partial charge is 0.273 e. The van der Waals surface area contributed by atoms with Gasteiger partial charge in [0.2, 0.25) is 0 Å². The van der Waals surface area contributed by atoms with Crippen molar-refractivity contribution in [3.8, 4) is 0 Å². The summed E-state index contributed by atoms with van der Waals surface area (Å²) >= 11 is 0. The van der Waals surface area contributed by atoms with E-state index in [1.807, 2.05) is 38.1 Å². The minimum atomic E-state index is -0.169. The molecule has 0 radical (unpaired) electrons. The quantitative estimate of drug-likeness (QED) is 0.910. The fourth-order valence-electron chi connectivity index (χ4n) is 1.99. The van der Waals surface area contributed by atoms with Crippen LogP contribution in [0.4, 0.5) is 5.69 Å². The third-order valence-corrected chi connectivity index (χ3v) is 2.96. The van der Waals surface area contributed by atoms with E-state index in [1.165, 1.54) is 0 Å². The molecule has 0 aliphatic rings. The van der Waals surface area contributed by atoms with Gasteiger partial charge in [0.1, 0.15) is 5.69 Å². The Bertz CT molecular complexity index is 605. The van der Waals surface area contributed by atoms with Crippen LogP contribution >= 0.6 is 0 Å². The first-order chi connectivity index (χ1) is 9.61. The lowest BCUT2D eigenvalue weighted by molar-refractivity contribution is 0.101. The van der Waals surface area contributed by atoms with Gasteiger partial charge in [-0.3, -0.25) is 9.48 Å². The summed E-state index contributed by atoms with van der Waals surface area (Å²) in [6.07, 6.45) is 0. The molecule has 1 heterocycles. The second-order valence-corrected chi connectivity index (χ2v) is 4.54. The highest BCUT2D eigenvalue weighted by molar-refractivity contribution is 6.03. The molecule has 5 nitrogen and oxygen atoms in total. The van der Waals surface area contributed by atoms with Crippen molar-refractivity contribution in [2.24, 2.45) is 7.05 Å².